The van der Waals surface area contributed by atoms with E-state index in [9.17, 15) is 10.8 Å². The summed E-state index contributed by atoms with van der Waals surface area (Å²) in [5.74, 6) is 10.5. The molecule has 0 aromatic heterocycles. The molecule has 8 aliphatic carbocycles. The maximum Gasteiger partial charge on any atom is 4.00 e. The van der Waals surface area contributed by atoms with Crippen molar-refractivity contribution in [2.75, 3.05) is 0 Å². The average Bonchev–Trinajstić information content (AvgIpc) is 4.08. The second kappa shape index (κ2) is 24.4. The summed E-state index contributed by atoms with van der Waals surface area (Å²) in [6, 6.07) is 56.5. The molecule has 0 N–H and O–H groups in total. The van der Waals surface area contributed by atoms with Gasteiger partial charge in [-0.1, -0.05) is 173 Å². The van der Waals surface area contributed by atoms with Crippen LogP contribution in [0.15, 0.2) is 170 Å². The fourth-order valence-electron chi connectivity index (χ4n) is 13.4. The van der Waals surface area contributed by atoms with Crippen LogP contribution in [0.2, 0.25) is 0 Å². The summed E-state index contributed by atoms with van der Waals surface area (Å²) < 4.78 is 0. The van der Waals surface area contributed by atoms with Crippen LogP contribution in [0, 0.1) is 47.3 Å². The van der Waals surface area contributed by atoms with Crippen LogP contribution < -0.4 is 0 Å². The molecule has 2 nitrogen and oxygen atoms in total. The quantitative estimate of drug-likeness (QED) is 0.0601. The average molecular weight is 893 g/mol. The summed E-state index contributed by atoms with van der Waals surface area (Å²) in [4.78, 5) is 0. The van der Waals surface area contributed by atoms with Gasteiger partial charge < -0.3 is 10.8 Å². The van der Waals surface area contributed by atoms with Gasteiger partial charge in [0.25, 0.3) is 0 Å². The molecule has 8 aliphatic rings. The summed E-state index contributed by atoms with van der Waals surface area (Å²) in [5.41, 5.74) is 7.35. The minimum atomic E-state index is 0. The minimum Gasteiger partial charge on any atom is -0.803 e. The van der Waals surface area contributed by atoms with Crippen molar-refractivity contribution in [3.8, 4) is 0 Å². The molecule has 0 atom stereocenters. The smallest absolute Gasteiger partial charge is 0.803 e. The predicted octanol–water partition coefficient (Wildman–Crippen LogP) is 16.7. The Morgan fingerprint density at radius 1 is 0.369 bits per heavy atom. The number of hydrogen-bond acceptors (Lipinski definition) is 0. The number of unbranched alkanes of at least 4 members (excludes halogenated alkanes) is 3. The Bertz CT molecular complexity index is 1940. The van der Waals surface area contributed by atoms with Crippen molar-refractivity contribution in [2.24, 2.45) is 47.3 Å². The van der Waals surface area contributed by atoms with E-state index in [1.165, 1.54) is 25.7 Å². The van der Waals surface area contributed by atoms with Gasteiger partial charge in [-0.05, 0) is 134 Å². The van der Waals surface area contributed by atoms with Crippen LogP contribution in [0.3, 0.4) is 0 Å². The van der Waals surface area contributed by atoms with E-state index in [4.69, 9.17) is 0 Å². The Morgan fingerprint density at radius 3 is 0.815 bits per heavy atom. The standard InChI is InChI=1S/2C15H19.2C13H10N.C6H14.Ti/c2*1-2-4-12(3-1)15-13-6-10-5-11(8-13)9-14(15)7-10;2*14-13(11-7-3-1-4-8-11)12-9-5-2-6-10-12;1-3-5-6-4-2;/h2*1-4,10-11,13-15H,5-9H2;2*1-10H;3-6H2,1-2H3;/q4*-1;;+4. The van der Waals surface area contributed by atoms with Crippen LogP contribution in [0.1, 0.15) is 149 Å². The first-order valence-electron chi connectivity index (χ1n) is 25.2. The van der Waals surface area contributed by atoms with E-state index in [-0.39, 0.29) is 21.7 Å². The van der Waals surface area contributed by atoms with Gasteiger partial charge >= 0.3 is 21.7 Å². The zero-order valence-corrected chi connectivity index (χ0v) is 40.8. The molecule has 0 spiro atoms. The third-order valence-electron chi connectivity index (χ3n) is 15.7. The molecule has 0 aliphatic heterocycles. The molecule has 6 aromatic carbocycles. The van der Waals surface area contributed by atoms with Crippen LogP contribution in [-0.4, -0.2) is 11.4 Å². The largest absolute Gasteiger partial charge is 4.00 e. The van der Waals surface area contributed by atoms with Gasteiger partial charge in [-0.3, -0.25) is 0 Å². The van der Waals surface area contributed by atoms with Gasteiger partial charge in [-0.2, -0.15) is 35.4 Å². The van der Waals surface area contributed by atoms with Crippen LogP contribution in [0.4, 0.5) is 0 Å². The summed E-state index contributed by atoms with van der Waals surface area (Å²) in [5, 5.41) is 19.8. The molecule has 6 aromatic rings. The second-order valence-electron chi connectivity index (χ2n) is 20.2. The Hall–Kier alpha value is -4.37. The number of rotatable bonds is 9. The fourth-order valence-corrected chi connectivity index (χ4v) is 13.4. The molecule has 65 heavy (non-hydrogen) atoms. The zero-order valence-electron chi connectivity index (χ0n) is 39.2. The van der Waals surface area contributed by atoms with E-state index >= 15 is 0 Å². The maximum absolute atomic E-state index is 9.91. The molecule has 14 rings (SSSR count). The first-order valence-corrected chi connectivity index (χ1v) is 25.2. The van der Waals surface area contributed by atoms with Crippen LogP contribution in [-0.2, 0) is 21.7 Å². The number of benzene rings is 4. The Balaban J connectivity index is 0.000000124. The van der Waals surface area contributed by atoms with E-state index in [0.29, 0.717) is 11.4 Å². The Kier molecular flexibility index (Phi) is 18.2. The molecule has 0 saturated heterocycles. The number of nitrogens with zero attached hydrogens (tertiary/aromatic N) is 2. The van der Waals surface area contributed by atoms with Crippen LogP contribution >= 0.6 is 0 Å². The van der Waals surface area contributed by atoms with E-state index in [2.05, 4.69) is 62.4 Å². The summed E-state index contributed by atoms with van der Waals surface area (Å²) in [7, 11) is 0. The third-order valence-corrected chi connectivity index (χ3v) is 15.7. The van der Waals surface area contributed by atoms with Crippen molar-refractivity contribution < 1.29 is 21.7 Å². The molecule has 0 heterocycles. The SMILES string of the molecule is CCCCCC.[N-]=C(c1ccccc1)c1ccccc1.[N-]=C(c1ccccc1)c1ccccc1.[Ti+4].c1cc[c-](C2C3CC4CC(C3)CC2C4)c1.c1cc[c-](C2C3CC4CC(C3)CC2C4)c1. The summed E-state index contributed by atoms with van der Waals surface area (Å²) >= 11 is 0. The second-order valence-corrected chi connectivity index (χ2v) is 20.2. The first kappa shape index (κ1) is 48.6. The van der Waals surface area contributed by atoms with Crippen molar-refractivity contribution in [2.45, 2.75) is 116 Å². The number of hydrogen-bond donors (Lipinski definition) is 0. The van der Waals surface area contributed by atoms with E-state index in [0.717, 1.165) is 81.4 Å². The zero-order chi connectivity index (χ0) is 44.1. The minimum absolute atomic E-state index is 0. The van der Waals surface area contributed by atoms with Crippen LogP contribution in [0.5, 0.6) is 0 Å². The first-order chi connectivity index (χ1) is 31.5. The predicted molar refractivity (Wildman–Crippen MR) is 272 cm³/mol. The molecule has 0 amide bonds. The third kappa shape index (κ3) is 12.8. The van der Waals surface area contributed by atoms with Gasteiger partial charge in [0, 0.05) is 0 Å². The van der Waals surface area contributed by atoms with Gasteiger partial charge in [0.2, 0.25) is 0 Å². The maximum atomic E-state index is 9.91. The Morgan fingerprint density at radius 2 is 0.600 bits per heavy atom. The van der Waals surface area contributed by atoms with Gasteiger partial charge in [-0.15, -0.1) is 11.4 Å². The van der Waals surface area contributed by atoms with E-state index in [1.807, 2.05) is 121 Å². The van der Waals surface area contributed by atoms with Crippen LogP contribution in [0.25, 0.3) is 10.8 Å². The normalized spacial score (nSPS) is 26.9. The monoisotopic (exact) mass is 893 g/mol. The van der Waals surface area contributed by atoms with Crippen molar-refractivity contribution in [3.63, 3.8) is 0 Å². The molecule has 3 heteroatoms. The van der Waals surface area contributed by atoms with E-state index in [1.54, 1.807) is 75.3 Å². The van der Waals surface area contributed by atoms with Crippen molar-refractivity contribution >= 4 is 11.4 Å². The van der Waals surface area contributed by atoms with Gasteiger partial charge in [-0.25, -0.2) is 24.3 Å². The summed E-state index contributed by atoms with van der Waals surface area (Å²) in [6.45, 7) is 4.46. The van der Waals surface area contributed by atoms with Gasteiger partial charge in [0.1, 0.15) is 0 Å². The molecule has 0 radical (unpaired) electrons. The molecule has 8 fully saturated rings. The van der Waals surface area contributed by atoms with Gasteiger partial charge in [0.05, 0.1) is 0 Å². The molecule has 8 saturated carbocycles. The molecular weight excluding hydrogens is 821 g/mol. The van der Waals surface area contributed by atoms with Crippen molar-refractivity contribution in [3.05, 3.63) is 214 Å². The molecule has 0 unspecified atom stereocenters. The van der Waals surface area contributed by atoms with Crippen molar-refractivity contribution in [1.29, 1.82) is 0 Å². The molecule has 334 valence electrons. The Labute approximate surface area is 407 Å². The van der Waals surface area contributed by atoms with E-state index < -0.39 is 0 Å². The summed E-state index contributed by atoms with van der Waals surface area (Å²) in [6.07, 6.45) is 21.0. The fraction of sp³-hybridized carbons (Fsp3) is 0.419. The van der Waals surface area contributed by atoms with Gasteiger partial charge in [0.15, 0.2) is 0 Å². The topological polar surface area (TPSA) is 44.6 Å². The molecule has 8 bridgehead atoms. The van der Waals surface area contributed by atoms with Crippen molar-refractivity contribution in [1.82, 2.24) is 0 Å². The molecular formula is C62H72N2Ti.